The second-order valence-corrected chi connectivity index (χ2v) is 3.72. The molecule has 0 rings (SSSR count). The fourth-order valence-corrected chi connectivity index (χ4v) is 0. The molecule has 0 atom stereocenters. The Bertz CT molecular complexity index is 65.6. The van der Waals surface area contributed by atoms with Gasteiger partial charge in [0, 0.05) is 23.3 Å². The summed E-state index contributed by atoms with van der Waals surface area (Å²) in [5.74, 6) is 0. The molecule has 0 spiro atoms. The molecule has 0 aliphatic rings. The van der Waals surface area contributed by atoms with E-state index in [9.17, 15) is 4.21 Å². The van der Waals surface area contributed by atoms with Gasteiger partial charge >= 0.3 is 30.7 Å². The van der Waals surface area contributed by atoms with Crippen LogP contribution in [0.4, 0.5) is 0 Å². The van der Waals surface area contributed by atoms with Crippen molar-refractivity contribution in [1.29, 1.82) is 0 Å². The first-order valence-electron chi connectivity index (χ1n) is 1.74. The van der Waals surface area contributed by atoms with Crippen molar-refractivity contribution in [1.82, 2.24) is 0 Å². The molecule has 9 heavy (non-hydrogen) atoms. The molecule has 0 aliphatic carbocycles. The predicted octanol–water partition coefficient (Wildman–Crippen LogP) is -5.64. The average Bonchev–Trinajstić information content (AvgIpc) is 1.33. The molecule has 0 aromatic carbocycles. The van der Waals surface area contributed by atoms with Crippen LogP contribution < -0.4 is 24.8 Å². The van der Waals surface area contributed by atoms with E-state index in [4.69, 9.17) is 0 Å². The number of halogens is 2. The smallest absolute Gasteiger partial charge is 1.00 e. The Hall–Kier alpha value is 1.29. The molecule has 1 nitrogen and oxygen atoms in total. The van der Waals surface area contributed by atoms with Crippen molar-refractivity contribution in [2.45, 2.75) is 6.92 Å². The molecular weight excluding hydrogens is 362 g/mol. The van der Waals surface area contributed by atoms with E-state index < -0.39 is 10.8 Å². The molecule has 0 N–H and O–H groups in total. The van der Waals surface area contributed by atoms with Gasteiger partial charge < -0.3 is 24.8 Å². The van der Waals surface area contributed by atoms with Gasteiger partial charge in [-0.15, -0.1) is 0 Å². The van der Waals surface area contributed by atoms with E-state index in [2.05, 4.69) is 19.4 Å². The first kappa shape index (κ1) is 22.4. The normalized spacial score (nSPS) is 5.44. The topological polar surface area (TPSA) is 17.1 Å². The molecule has 0 saturated carbocycles. The van der Waals surface area contributed by atoms with Crippen molar-refractivity contribution in [3.8, 4) is 0 Å². The van der Waals surface area contributed by atoms with Gasteiger partial charge in [0.15, 0.2) is 0 Å². The molecule has 0 unspecified atom stereocenters. The predicted molar refractivity (Wildman–Crippen MR) is 31.7 cm³/mol. The van der Waals surface area contributed by atoms with Gasteiger partial charge in [0.1, 0.15) is 0 Å². The summed E-state index contributed by atoms with van der Waals surface area (Å²) in [7, 11) is -0.611. The molecule has 0 bridgehead atoms. The molecule has 0 aliphatic heterocycles. The van der Waals surface area contributed by atoms with Gasteiger partial charge in [-0.3, -0.25) is 4.21 Å². The molecule has 0 aromatic heterocycles. The quantitative estimate of drug-likeness (QED) is 0.415. The summed E-state index contributed by atoms with van der Waals surface area (Å²) in [6, 6.07) is 0. The standard InChI is InChI=1S/C2H6OS.C2H4.2ClH.Pt/c1-4(2)3;1-2;;;/h1-2H3;1H,2H3;2*1H;/q;;;;+2/p-2. The average molecular weight is 372 g/mol. The zero-order valence-corrected chi connectivity index (χ0v) is 10.1. The number of hydrogen-bond acceptors (Lipinski definition) is 1. The minimum absolute atomic E-state index is 0. The van der Waals surface area contributed by atoms with Gasteiger partial charge in [0.25, 0.3) is 0 Å². The van der Waals surface area contributed by atoms with Gasteiger partial charge in [0.05, 0.1) is 0 Å². The zero-order valence-electron chi connectivity index (χ0n) is 5.47. The second kappa shape index (κ2) is 22.8. The Labute approximate surface area is 82.7 Å². The van der Waals surface area contributed by atoms with Gasteiger partial charge in [-0.1, -0.05) is 0 Å². The fraction of sp³-hybridized carbons (Fsp3) is 0.750. The van der Waals surface area contributed by atoms with Crippen LogP contribution in [0.1, 0.15) is 6.92 Å². The van der Waals surface area contributed by atoms with Crippen LogP contribution >= 0.6 is 0 Å². The van der Waals surface area contributed by atoms with Crippen LogP contribution in [0.25, 0.3) is 0 Å². The summed E-state index contributed by atoms with van der Waals surface area (Å²) in [5.41, 5.74) is 0. The van der Waals surface area contributed by atoms with Crippen LogP contribution in [0.3, 0.4) is 0 Å². The van der Waals surface area contributed by atoms with Gasteiger partial charge in [-0.25, -0.2) is 0 Å². The Morgan fingerprint density at radius 1 is 1.33 bits per heavy atom. The Balaban J connectivity index is -0.0000000233. The minimum atomic E-state index is -0.611. The van der Waals surface area contributed by atoms with Crippen molar-refractivity contribution in [3.05, 3.63) is 0 Å². The molecule has 0 heterocycles. The van der Waals surface area contributed by atoms with Crippen LogP contribution in [0.5, 0.6) is 0 Å². The van der Waals surface area contributed by atoms with Crippen LogP contribution in [-0.4, -0.2) is 21.1 Å². The van der Waals surface area contributed by atoms with Crippen LogP contribution in [0, 0.1) is 0 Å². The molecule has 0 radical (unpaired) electrons. The fourth-order valence-electron chi connectivity index (χ4n) is 0. The van der Waals surface area contributed by atoms with E-state index in [0.717, 1.165) is 0 Å². The van der Waals surface area contributed by atoms with Crippen molar-refractivity contribution >= 4 is 15.2 Å². The Kier molecular flexibility index (Phi) is 56.9. The SMILES string of the molecule is CS(C)=O.C[CH]=[Pt+2].[Cl-].[Cl-]. The number of hydrogen-bond donors (Lipinski definition) is 0. The summed E-state index contributed by atoms with van der Waals surface area (Å²) >= 11 is 2.15. The maximum absolute atomic E-state index is 9.56. The summed E-state index contributed by atoms with van der Waals surface area (Å²) in [6.07, 6.45) is 3.28. The molecule has 0 fully saturated rings. The molecular formula is C4H10Cl2OPtS. The molecule has 0 saturated heterocycles. The third-order valence-corrected chi connectivity index (χ3v) is 0. The monoisotopic (exact) mass is 371 g/mol. The summed E-state index contributed by atoms with van der Waals surface area (Å²) in [6.45, 7) is 1.99. The van der Waals surface area contributed by atoms with Crippen LogP contribution in [-0.2, 0) is 30.2 Å². The first-order valence-corrected chi connectivity index (χ1v) is 5.02. The van der Waals surface area contributed by atoms with Crippen LogP contribution in [0.2, 0.25) is 0 Å². The maximum atomic E-state index is 9.56. The van der Waals surface area contributed by atoms with Gasteiger partial charge in [-0.05, 0) is 0 Å². The van der Waals surface area contributed by atoms with Gasteiger partial charge in [-0.2, -0.15) is 0 Å². The first-order chi connectivity index (χ1) is 3.15. The van der Waals surface area contributed by atoms with E-state index >= 15 is 0 Å². The third kappa shape index (κ3) is 297. The molecule has 0 aromatic rings. The zero-order chi connectivity index (χ0) is 6.28. The van der Waals surface area contributed by atoms with E-state index in [1.807, 2.05) is 11.3 Å². The largest absolute Gasteiger partial charge is 1.00 e. The second-order valence-electron chi connectivity index (χ2n) is 0.924. The van der Waals surface area contributed by atoms with E-state index in [0.29, 0.717) is 0 Å². The molecule has 0 amide bonds. The van der Waals surface area contributed by atoms with Crippen molar-refractivity contribution in [2.75, 3.05) is 12.5 Å². The Morgan fingerprint density at radius 2 is 1.33 bits per heavy atom. The van der Waals surface area contributed by atoms with Crippen LogP contribution in [0.15, 0.2) is 0 Å². The third-order valence-electron chi connectivity index (χ3n) is 0. The molecule has 5 heteroatoms. The molecule has 62 valence electrons. The Morgan fingerprint density at radius 3 is 1.33 bits per heavy atom. The van der Waals surface area contributed by atoms with E-state index in [1.165, 1.54) is 0 Å². The van der Waals surface area contributed by atoms with Crippen molar-refractivity contribution < 1.29 is 48.4 Å². The number of rotatable bonds is 0. The van der Waals surface area contributed by atoms with E-state index in [-0.39, 0.29) is 24.8 Å². The summed E-state index contributed by atoms with van der Waals surface area (Å²) < 4.78 is 11.5. The van der Waals surface area contributed by atoms with E-state index in [1.54, 1.807) is 12.5 Å². The van der Waals surface area contributed by atoms with Crippen molar-refractivity contribution in [3.63, 3.8) is 0 Å². The summed E-state index contributed by atoms with van der Waals surface area (Å²) in [4.78, 5) is 0. The summed E-state index contributed by atoms with van der Waals surface area (Å²) in [5, 5.41) is 0. The minimum Gasteiger partial charge on any atom is -1.00 e. The maximum Gasteiger partial charge on any atom is -1.00 e. The van der Waals surface area contributed by atoms with Crippen molar-refractivity contribution in [2.24, 2.45) is 0 Å². The van der Waals surface area contributed by atoms with Gasteiger partial charge in [0.2, 0.25) is 0 Å².